The Morgan fingerprint density at radius 3 is 2.65 bits per heavy atom. The van der Waals surface area contributed by atoms with Crippen molar-refractivity contribution in [3.63, 3.8) is 0 Å². The number of morpholine rings is 1. The Hall–Kier alpha value is -1.14. The highest BCUT2D eigenvalue weighted by Gasteiger charge is 2.31. The third-order valence-electron chi connectivity index (χ3n) is 4.84. The summed E-state index contributed by atoms with van der Waals surface area (Å²) in [6.07, 6.45) is 0. The summed E-state index contributed by atoms with van der Waals surface area (Å²) in [7, 11) is 0. The van der Waals surface area contributed by atoms with Crippen LogP contribution in [0.15, 0.2) is 18.2 Å². The van der Waals surface area contributed by atoms with Crippen molar-refractivity contribution in [2.24, 2.45) is 0 Å². The van der Waals surface area contributed by atoms with Crippen LogP contribution in [0.2, 0.25) is 0 Å². The maximum atomic E-state index is 9.36. The van der Waals surface area contributed by atoms with Gasteiger partial charge in [0, 0.05) is 43.8 Å². The van der Waals surface area contributed by atoms with E-state index in [1.807, 2.05) is 12.1 Å². The molecule has 0 atom stereocenters. The number of hydrogen-bond donors (Lipinski definition) is 1. The first-order chi connectivity index (χ1) is 11.1. The topological polar surface area (TPSA) is 45.2 Å². The largest absolute Gasteiger partial charge is 0.492 e. The molecule has 1 saturated heterocycles. The molecule has 2 aliphatic rings. The second-order valence-corrected chi connectivity index (χ2v) is 7.07. The van der Waals surface area contributed by atoms with Crippen LogP contribution < -0.4 is 4.74 Å². The molecule has 2 aliphatic heterocycles. The fourth-order valence-electron chi connectivity index (χ4n) is 3.55. The molecule has 0 aromatic heterocycles. The second kappa shape index (κ2) is 7.18. The number of aliphatic hydroxyl groups excluding tert-OH is 1. The van der Waals surface area contributed by atoms with Crippen molar-refractivity contribution >= 4 is 0 Å². The molecule has 1 aromatic carbocycles. The number of nitrogens with zero attached hydrogens (tertiary/aromatic N) is 2. The predicted molar refractivity (Wildman–Crippen MR) is 89.6 cm³/mol. The molecule has 0 saturated carbocycles. The Labute approximate surface area is 138 Å². The molecule has 128 valence electrons. The molecule has 0 amide bonds. The molecule has 5 nitrogen and oxygen atoms in total. The summed E-state index contributed by atoms with van der Waals surface area (Å²) in [5, 5.41) is 9.36. The average Bonchev–Trinajstić information content (AvgIpc) is 2.76. The molecule has 0 bridgehead atoms. The first-order valence-electron chi connectivity index (χ1n) is 8.49. The minimum atomic E-state index is 0.0759. The molecule has 23 heavy (non-hydrogen) atoms. The molecule has 0 radical (unpaired) electrons. The van der Waals surface area contributed by atoms with E-state index in [0.29, 0.717) is 6.61 Å². The van der Waals surface area contributed by atoms with Crippen molar-refractivity contribution in [2.75, 3.05) is 46.0 Å². The van der Waals surface area contributed by atoms with Crippen LogP contribution in [0.5, 0.6) is 5.75 Å². The van der Waals surface area contributed by atoms with Gasteiger partial charge in [-0.05, 0) is 31.5 Å². The van der Waals surface area contributed by atoms with Crippen LogP contribution in [0.3, 0.4) is 0 Å². The van der Waals surface area contributed by atoms with Gasteiger partial charge in [0.05, 0.1) is 19.8 Å². The minimum absolute atomic E-state index is 0.0759. The third kappa shape index (κ3) is 4.04. The van der Waals surface area contributed by atoms with Crippen molar-refractivity contribution in [3.8, 4) is 5.75 Å². The zero-order valence-electron chi connectivity index (χ0n) is 14.3. The maximum absolute atomic E-state index is 9.36. The summed E-state index contributed by atoms with van der Waals surface area (Å²) >= 11 is 0. The summed E-state index contributed by atoms with van der Waals surface area (Å²) in [6, 6.07) is 5.99. The molecule has 5 heteroatoms. The third-order valence-corrected chi connectivity index (χ3v) is 4.84. The summed E-state index contributed by atoms with van der Waals surface area (Å²) in [5.41, 5.74) is 2.23. The monoisotopic (exact) mass is 320 g/mol. The quantitative estimate of drug-likeness (QED) is 0.910. The standard InChI is InChI=1S/C18H28N2O3/c1-18(2,20-6-8-22-9-7-20)14-19-5-10-23-17-4-3-15(13-21)11-16(17)12-19/h3-4,11,21H,5-10,12-14H2,1-2H3. The van der Waals surface area contributed by atoms with E-state index in [0.717, 1.165) is 57.3 Å². The van der Waals surface area contributed by atoms with Crippen LogP contribution in [0.4, 0.5) is 0 Å². The summed E-state index contributed by atoms with van der Waals surface area (Å²) in [4.78, 5) is 4.98. The van der Waals surface area contributed by atoms with E-state index in [9.17, 15) is 5.11 Å². The summed E-state index contributed by atoms with van der Waals surface area (Å²) < 4.78 is 11.4. The van der Waals surface area contributed by atoms with Gasteiger partial charge < -0.3 is 14.6 Å². The molecular weight excluding hydrogens is 292 g/mol. The van der Waals surface area contributed by atoms with Crippen LogP contribution >= 0.6 is 0 Å². The smallest absolute Gasteiger partial charge is 0.123 e. The van der Waals surface area contributed by atoms with Gasteiger partial charge >= 0.3 is 0 Å². The first kappa shape index (κ1) is 16.7. The van der Waals surface area contributed by atoms with E-state index in [4.69, 9.17) is 9.47 Å². The molecule has 0 spiro atoms. The van der Waals surface area contributed by atoms with Crippen molar-refractivity contribution in [2.45, 2.75) is 32.5 Å². The Morgan fingerprint density at radius 1 is 1.13 bits per heavy atom. The van der Waals surface area contributed by atoms with E-state index < -0.39 is 0 Å². The van der Waals surface area contributed by atoms with Crippen molar-refractivity contribution < 1.29 is 14.6 Å². The van der Waals surface area contributed by atoms with Gasteiger partial charge in [-0.25, -0.2) is 0 Å². The molecule has 2 heterocycles. The molecule has 1 aromatic rings. The molecule has 3 rings (SSSR count). The lowest BCUT2D eigenvalue weighted by Gasteiger charge is -2.43. The Bertz CT molecular complexity index is 527. The maximum Gasteiger partial charge on any atom is 0.123 e. The zero-order chi connectivity index (χ0) is 16.3. The average molecular weight is 320 g/mol. The lowest BCUT2D eigenvalue weighted by atomic mass is 10.0. The van der Waals surface area contributed by atoms with Gasteiger partial charge in [0.15, 0.2) is 0 Å². The number of fused-ring (bicyclic) bond motifs is 1. The van der Waals surface area contributed by atoms with Crippen LogP contribution in [-0.2, 0) is 17.9 Å². The molecule has 1 N–H and O–H groups in total. The van der Waals surface area contributed by atoms with Gasteiger partial charge in [0.1, 0.15) is 12.4 Å². The number of benzene rings is 1. The summed E-state index contributed by atoms with van der Waals surface area (Å²) in [6.45, 7) is 11.9. The fraction of sp³-hybridized carbons (Fsp3) is 0.667. The second-order valence-electron chi connectivity index (χ2n) is 7.07. The van der Waals surface area contributed by atoms with Gasteiger partial charge in [-0.3, -0.25) is 9.80 Å². The minimum Gasteiger partial charge on any atom is -0.492 e. The van der Waals surface area contributed by atoms with E-state index in [1.54, 1.807) is 0 Å². The lowest BCUT2D eigenvalue weighted by molar-refractivity contribution is -0.0228. The van der Waals surface area contributed by atoms with Crippen LogP contribution in [0.1, 0.15) is 25.0 Å². The Kier molecular flexibility index (Phi) is 5.21. The SMILES string of the molecule is CC(C)(CN1CCOc2ccc(CO)cc2C1)N1CCOCC1. The zero-order valence-corrected chi connectivity index (χ0v) is 14.3. The normalized spacial score (nSPS) is 20.7. The van der Waals surface area contributed by atoms with E-state index in [-0.39, 0.29) is 12.1 Å². The van der Waals surface area contributed by atoms with E-state index in [2.05, 4.69) is 29.7 Å². The summed E-state index contributed by atoms with van der Waals surface area (Å²) in [5.74, 6) is 0.953. The van der Waals surface area contributed by atoms with Crippen LogP contribution in [0, 0.1) is 0 Å². The molecular formula is C18H28N2O3. The van der Waals surface area contributed by atoms with Crippen molar-refractivity contribution in [3.05, 3.63) is 29.3 Å². The predicted octanol–water partition coefficient (Wildman–Crippen LogP) is 1.48. The van der Waals surface area contributed by atoms with Crippen molar-refractivity contribution in [1.82, 2.24) is 9.80 Å². The Morgan fingerprint density at radius 2 is 1.91 bits per heavy atom. The van der Waals surface area contributed by atoms with Gasteiger partial charge in [-0.1, -0.05) is 6.07 Å². The van der Waals surface area contributed by atoms with Gasteiger partial charge in [-0.2, -0.15) is 0 Å². The van der Waals surface area contributed by atoms with Gasteiger partial charge in [0.25, 0.3) is 0 Å². The van der Waals surface area contributed by atoms with Crippen LogP contribution in [0.25, 0.3) is 0 Å². The highest BCUT2D eigenvalue weighted by Crippen LogP contribution is 2.26. The highest BCUT2D eigenvalue weighted by atomic mass is 16.5. The first-order valence-corrected chi connectivity index (χ1v) is 8.49. The van der Waals surface area contributed by atoms with Gasteiger partial charge in [-0.15, -0.1) is 0 Å². The molecule has 0 unspecified atom stereocenters. The highest BCUT2D eigenvalue weighted by molar-refractivity contribution is 5.37. The molecule has 1 fully saturated rings. The van der Waals surface area contributed by atoms with E-state index in [1.165, 1.54) is 5.56 Å². The number of rotatable bonds is 4. The Balaban J connectivity index is 1.70. The molecule has 0 aliphatic carbocycles. The number of aliphatic hydroxyl groups is 1. The fourth-order valence-corrected chi connectivity index (χ4v) is 3.55. The van der Waals surface area contributed by atoms with Gasteiger partial charge in [0.2, 0.25) is 0 Å². The van der Waals surface area contributed by atoms with Crippen LogP contribution in [-0.4, -0.2) is 66.4 Å². The number of hydrogen-bond acceptors (Lipinski definition) is 5. The lowest BCUT2D eigenvalue weighted by Crippen LogP contribution is -2.55. The number of ether oxygens (including phenoxy) is 2. The van der Waals surface area contributed by atoms with Crippen molar-refractivity contribution in [1.29, 1.82) is 0 Å². The van der Waals surface area contributed by atoms with E-state index >= 15 is 0 Å².